The molecule has 0 radical (unpaired) electrons. The average molecular weight is 288 g/mol. The van der Waals surface area contributed by atoms with E-state index in [1.807, 2.05) is 18.2 Å². The van der Waals surface area contributed by atoms with Crippen molar-refractivity contribution in [1.82, 2.24) is 4.90 Å². The van der Waals surface area contributed by atoms with Crippen LogP contribution in [0, 0.1) is 0 Å². The van der Waals surface area contributed by atoms with Gasteiger partial charge in [-0.1, -0.05) is 18.2 Å². The first-order chi connectivity index (χ1) is 9.83. The smallest absolute Gasteiger partial charge is 0.411 e. The largest absolute Gasteiger partial charge is 0.465 e. The highest BCUT2D eigenvalue weighted by atomic mass is 16.4. The van der Waals surface area contributed by atoms with Crippen LogP contribution in [0.3, 0.4) is 0 Å². The Morgan fingerprint density at radius 1 is 1.19 bits per heavy atom. The molecule has 1 amide bonds. The van der Waals surface area contributed by atoms with Crippen molar-refractivity contribution in [2.24, 2.45) is 0 Å². The highest BCUT2D eigenvalue weighted by molar-refractivity contribution is 5.90. The number of benzene rings is 1. The second-order valence-electron chi connectivity index (χ2n) is 7.32. The molecule has 1 N–H and O–H groups in total. The lowest BCUT2D eigenvalue weighted by molar-refractivity contribution is 0.0782. The second kappa shape index (κ2) is 4.73. The summed E-state index contributed by atoms with van der Waals surface area (Å²) in [6, 6.07) is 8.01. The molecule has 1 saturated heterocycles. The molecule has 1 aromatic carbocycles. The lowest BCUT2D eigenvalue weighted by Crippen LogP contribution is -2.51. The SMILES string of the molecule is CC(C)(C)N1CCC2(CC1)CN(C(=O)O)c1ccccc12. The minimum atomic E-state index is -0.836. The maximum Gasteiger partial charge on any atom is 0.411 e. The molecule has 1 fully saturated rings. The van der Waals surface area contributed by atoms with Gasteiger partial charge in [0.1, 0.15) is 0 Å². The highest BCUT2D eigenvalue weighted by Crippen LogP contribution is 2.47. The lowest BCUT2D eigenvalue weighted by Gasteiger charge is -2.45. The Balaban J connectivity index is 1.89. The third-order valence-corrected chi connectivity index (χ3v) is 5.13. The number of carbonyl (C=O) groups is 1. The zero-order valence-electron chi connectivity index (χ0n) is 13.1. The monoisotopic (exact) mass is 288 g/mol. The molecule has 2 aliphatic heterocycles. The number of para-hydroxylation sites is 1. The summed E-state index contributed by atoms with van der Waals surface area (Å²) in [4.78, 5) is 15.6. The molecule has 21 heavy (non-hydrogen) atoms. The normalized spacial score (nSPS) is 21.6. The van der Waals surface area contributed by atoms with Crippen molar-refractivity contribution in [3.63, 3.8) is 0 Å². The van der Waals surface area contributed by atoms with Crippen molar-refractivity contribution in [2.75, 3.05) is 24.5 Å². The van der Waals surface area contributed by atoms with E-state index in [-0.39, 0.29) is 11.0 Å². The second-order valence-corrected chi connectivity index (χ2v) is 7.32. The zero-order chi connectivity index (χ0) is 15.3. The van der Waals surface area contributed by atoms with Crippen LogP contribution >= 0.6 is 0 Å². The number of amides is 1. The molecular weight excluding hydrogens is 264 g/mol. The predicted molar refractivity (Wildman–Crippen MR) is 84.1 cm³/mol. The molecule has 4 heteroatoms. The van der Waals surface area contributed by atoms with E-state index < -0.39 is 6.09 Å². The summed E-state index contributed by atoms with van der Waals surface area (Å²) in [5, 5.41) is 9.47. The van der Waals surface area contributed by atoms with Crippen molar-refractivity contribution >= 4 is 11.8 Å². The number of piperidine rings is 1. The lowest BCUT2D eigenvalue weighted by atomic mass is 9.73. The zero-order valence-corrected chi connectivity index (χ0v) is 13.1. The summed E-state index contributed by atoms with van der Waals surface area (Å²) < 4.78 is 0. The molecule has 1 aromatic rings. The minimum Gasteiger partial charge on any atom is -0.465 e. The summed E-state index contributed by atoms with van der Waals surface area (Å²) in [7, 11) is 0. The van der Waals surface area contributed by atoms with E-state index in [4.69, 9.17) is 0 Å². The Morgan fingerprint density at radius 3 is 2.38 bits per heavy atom. The molecule has 0 aromatic heterocycles. The van der Waals surface area contributed by atoms with Crippen LogP contribution in [0.25, 0.3) is 0 Å². The first-order valence-electron chi connectivity index (χ1n) is 7.69. The standard InChI is InChI=1S/C17H24N2O2/c1-16(2,3)18-10-8-17(9-11-18)12-19(15(20)21)14-7-5-4-6-13(14)17/h4-7H,8-12H2,1-3H3,(H,20,21). The van der Waals surface area contributed by atoms with E-state index >= 15 is 0 Å². The van der Waals surface area contributed by atoms with Gasteiger partial charge in [-0.15, -0.1) is 0 Å². The fourth-order valence-electron chi connectivity index (χ4n) is 3.83. The summed E-state index contributed by atoms with van der Waals surface area (Å²) in [5.41, 5.74) is 2.30. The molecule has 0 saturated carbocycles. The number of hydrogen-bond acceptors (Lipinski definition) is 2. The first-order valence-corrected chi connectivity index (χ1v) is 7.69. The number of rotatable bonds is 0. The van der Waals surface area contributed by atoms with Gasteiger partial charge >= 0.3 is 6.09 Å². The van der Waals surface area contributed by atoms with Gasteiger partial charge in [0.25, 0.3) is 0 Å². The van der Waals surface area contributed by atoms with Gasteiger partial charge in [-0.3, -0.25) is 9.80 Å². The van der Waals surface area contributed by atoms with Crippen molar-refractivity contribution in [2.45, 2.75) is 44.6 Å². The molecular formula is C17H24N2O2. The molecule has 0 bridgehead atoms. The van der Waals surface area contributed by atoms with E-state index in [2.05, 4.69) is 31.7 Å². The fourth-order valence-corrected chi connectivity index (χ4v) is 3.83. The number of anilines is 1. The van der Waals surface area contributed by atoms with Crippen LogP contribution in [0.2, 0.25) is 0 Å². The number of hydrogen-bond donors (Lipinski definition) is 1. The number of fused-ring (bicyclic) bond motifs is 2. The summed E-state index contributed by atoms with van der Waals surface area (Å²) in [6.07, 6.45) is 1.23. The summed E-state index contributed by atoms with van der Waals surface area (Å²) in [6.45, 7) is 9.42. The molecule has 0 unspecified atom stereocenters. The fraction of sp³-hybridized carbons (Fsp3) is 0.588. The van der Waals surface area contributed by atoms with Crippen molar-refractivity contribution in [3.05, 3.63) is 29.8 Å². The van der Waals surface area contributed by atoms with E-state index in [0.29, 0.717) is 6.54 Å². The van der Waals surface area contributed by atoms with Crippen LogP contribution in [-0.2, 0) is 5.41 Å². The first kappa shape index (κ1) is 14.4. The molecule has 0 atom stereocenters. The van der Waals surface area contributed by atoms with Gasteiger partial charge < -0.3 is 5.11 Å². The van der Waals surface area contributed by atoms with Crippen molar-refractivity contribution in [3.8, 4) is 0 Å². The molecule has 114 valence electrons. The number of nitrogens with zero attached hydrogens (tertiary/aromatic N) is 2. The molecule has 0 aliphatic carbocycles. The van der Waals surface area contributed by atoms with E-state index in [1.165, 1.54) is 10.5 Å². The number of carboxylic acid groups (broad SMARTS) is 1. The third kappa shape index (κ3) is 2.31. The third-order valence-electron chi connectivity index (χ3n) is 5.13. The van der Waals surface area contributed by atoms with Gasteiger partial charge in [0, 0.05) is 17.5 Å². The molecule has 3 rings (SSSR count). The Bertz CT molecular complexity index is 554. The Labute approximate surface area is 126 Å². The minimum absolute atomic E-state index is 0.0106. The number of likely N-dealkylation sites (tertiary alicyclic amines) is 1. The Kier molecular flexibility index (Phi) is 3.24. The topological polar surface area (TPSA) is 43.8 Å². The van der Waals surface area contributed by atoms with Crippen LogP contribution in [0.15, 0.2) is 24.3 Å². The maximum absolute atomic E-state index is 11.5. The maximum atomic E-state index is 11.5. The van der Waals surface area contributed by atoms with E-state index in [0.717, 1.165) is 31.6 Å². The molecule has 4 nitrogen and oxygen atoms in total. The van der Waals surface area contributed by atoms with Gasteiger partial charge in [0.2, 0.25) is 0 Å². The van der Waals surface area contributed by atoms with Gasteiger partial charge in [-0.05, 0) is 58.3 Å². The summed E-state index contributed by atoms with van der Waals surface area (Å²) >= 11 is 0. The highest BCUT2D eigenvalue weighted by Gasteiger charge is 2.47. The van der Waals surface area contributed by atoms with Gasteiger partial charge in [-0.25, -0.2) is 4.79 Å². The molecule has 2 aliphatic rings. The van der Waals surface area contributed by atoms with Gasteiger partial charge in [0.15, 0.2) is 0 Å². The van der Waals surface area contributed by atoms with Crippen LogP contribution in [-0.4, -0.2) is 41.3 Å². The van der Waals surface area contributed by atoms with Gasteiger partial charge in [0.05, 0.1) is 5.69 Å². The summed E-state index contributed by atoms with van der Waals surface area (Å²) in [5.74, 6) is 0. The van der Waals surface area contributed by atoms with Crippen LogP contribution in [0.1, 0.15) is 39.2 Å². The van der Waals surface area contributed by atoms with Crippen LogP contribution in [0.4, 0.5) is 10.5 Å². The van der Waals surface area contributed by atoms with E-state index in [9.17, 15) is 9.90 Å². The Hall–Kier alpha value is -1.55. The van der Waals surface area contributed by atoms with Crippen molar-refractivity contribution in [1.29, 1.82) is 0 Å². The van der Waals surface area contributed by atoms with Crippen molar-refractivity contribution < 1.29 is 9.90 Å². The molecule has 2 heterocycles. The van der Waals surface area contributed by atoms with Crippen LogP contribution in [0.5, 0.6) is 0 Å². The molecule has 1 spiro atoms. The Morgan fingerprint density at radius 2 is 1.81 bits per heavy atom. The average Bonchev–Trinajstić information content (AvgIpc) is 2.74. The predicted octanol–water partition coefficient (Wildman–Crippen LogP) is 3.32. The van der Waals surface area contributed by atoms with E-state index in [1.54, 1.807) is 0 Å². The quantitative estimate of drug-likeness (QED) is 0.796. The van der Waals surface area contributed by atoms with Gasteiger partial charge in [-0.2, -0.15) is 0 Å². The van der Waals surface area contributed by atoms with Crippen LogP contribution < -0.4 is 4.90 Å².